The summed E-state index contributed by atoms with van der Waals surface area (Å²) in [4.78, 5) is 22.4. The van der Waals surface area contributed by atoms with Crippen LogP contribution in [-0.4, -0.2) is 62.1 Å². The summed E-state index contributed by atoms with van der Waals surface area (Å²) in [6, 6.07) is 0. The van der Waals surface area contributed by atoms with E-state index in [2.05, 4.69) is 10.3 Å². The zero-order chi connectivity index (χ0) is 15.5. The predicted octanol–water partition coefficient (Wildman–Crippen LogP) is -1.26. The van der Waals surface area contributed by atoms with Gasteiger partial charge in [0.2, 0.25) is 0 Å². The van der Waals surface area contributed by atoms with Crippen molar-refractivity contribution in [2.45, 2.75) is 19.6 Å². The Morgan fingerprint density at radius 2 is 2.25 bits per heavy atom. The molecule has 1 rings (SSSR count). The van der Waals surface area contributed by atoms with Crippen LogP contribution in [0.1, 0.15) is 5.82 Å². The Morgan fingerprint density at radius 1 is 1.65 bits per heavy atom. The van der Waals surface area contributed by atoms with Crippen LogP contribution in [-0.2, 0) is 11.3 Å². The van der Waals surface area contributed by atoms with Gasteiger partial charge in [-0.25, -0.2) is 9.55 Å². The Labute approximate surface area is 114 Å². The maximum atomic E-state index is 10.7. The zero-order valence-corrected chi connectivity index (χ0v) is 11.0. The molecule has 0 amide bonds. The lowest BCUT2D eigenvalue weighted by molar-refractivity contribution is -0.392. The highest BCUT2D eigenvalue weighted by molar-refractivity contribution is 5.32. The highest BCUT2D eigenvalue weighted by atomic mass is 16.6. The largest absolute Gasteiger partial charge is 0.483 e. The van der Waals surface area contributed by atoms with Crippen molar-refractivity contribution in [3.63, 3.8) is 0 Å². The molecule has 0 bridgehead atoms. The Balaban J connectivity index is 0.00000110. The van der Waals surface area contributed by atoms with E-state index < -0.39 is 11.0 Å². The van der Waals surface area contributed by atoms with E-state index in [4.69, 9.17) is 15.0 Å². The number of nitro groups is 1. The maximum absolute atomic E-state index is 10.7. The fourth-order valence-electron chi connectivity index (χ4n) is 1.45. The highest BCUT2D eigenvalue weighted by Gasteiger charge is 2.20. The van der Waals surface area contributed by atoms with E-state index in [0.29, 0.717) is 12.4 Å². The van der Waals surface area contributed by atoms with Crippen LogP contribution in [0.5, 0.6) is 0 Å². The molecular weight excluding hydrogens is 272 g/mol. The van der Waals surface area contributed by atoms with Crippen molar-refractivity contribution in [2.75, 3.05) is 19.7 Å². The summed E-state index contributed by atoms with van der Waals surface area (Å²) >= 11 is 0. The van der Waals surface area contributed by atoms with E-state index in [9.17, 15) is 15.2 Å². The number of nitrogens with zero attached hydrogens (tertiary/aromatic N) is 3. The number of aryl methyl sites for hydroxylation is 1. The normalized spacial score (nSPS) is 11.3. The van der Waals surface area contributed by atoms with Gasteiger partial charge < -0.3 is 30.8 Å². The number of aromatic nitrogens is 2. The smallest absolute Gasteiger partial charge is 0.342 e. The molecule has 0 saturated heterocycles. The van der Waals surface area contributed by atoms with E-state index in [0.717, 1.165) is 0 Å². The van der Waals surface area contributed by atoms with E-state index >= 15 is 0 Å². The summed E-state index contributed by atoms with van der Waals surface area (Å²) in [5.41, 5.74) is 0. The van der Waals surface area contributed by atoms with Crippen LogP contribution in [0.3, 0.4) is 0 Å². The Bertz CT molecular complexity index is 422. The number of rotatable bonds is 7. The molecule has 20 heavy (non-hydrogen) atoms. The minimum Gasteiger partial charge on any atom is -0.483 e. The summed E-state index contributed by atoms with van der Waals surface area (Å²) in [6.45, 7) is 2.11. The molecule has 10 heteroatoms. The van der Waals surface area contributed by atoms with Crippen molar-refractivity contribution >= 4 is 12.3 Å². The second-order valence-electron chi connectivity index (χ2n) is 3.72. The van der Waals surface area contributed by atoms with Gasteiger partial charge in [-0.3, -0.25) is 4.79 Å². The average molecular weight is 290 g/mol. The third kappa shape index (κ3) is 6.22. The van der Waals surface area contributed by atoms with E-state index in [1.165, 1.54) is 10.8 Å². The standard InChI is InChI=1S/C9H16N4O4.CH2O2/c1-7-11-5-9(13(16)17)12(7)6-8(15)4-10-2-3-14;2-1-3/h5,8,10,14-15H,2-4,6H2,1H3;1H,(H,2,3). The Morgan fingerprint density at radius 3 is 2.75 bits per heavy atom. The van der Waals surface area contributed by atoms with E-state index in [1.54, 1.807) is 6.92 Å². The molecule has 0 saturated carbocycles. The molecule has 4 N–H and O–H groups in total. The second-order valence-corrected chi connectivity index (χ2v) is 3.72. The van der Waals surface area contributed by atoms with E-state index in [-0.39, 0.29) is 32.0 Å². The van der Waals surface area contributed by atoms with Gasteiger partial charge in [0, 0.05) is 20.0 Å². The maximum Gasteiger partial charge on any atom is 0.342 e. The Hall–Kier alpha value is -2.04. The molecule has 1 aromatic rings. The van der Waals surface area contributed by atoms with Crippen LogP contribution in [0.25, 0.3) is 0 Å². The summed E-state index contributed by atoms with van der Waals surface area (Å²) in [5.74, 6) is 0.349. The molecule has 114 valence electrons. The van der Waals surface area contributed by atoms with Gasteiger partial charge in [0.05, 0.1) is 6.61 Å². The molecule has 0 fully saturated rings. The van der Waals surface area contributed by atoms with Crippen molar-refractivity contribution < 1.29 is 25.0 Å². The van der Waals surface area contributed by atoms with Gasteiger partial charge in [-0.05, 0) is 4.92 Å². The second kappa shape index (κ2) is 9.83. The summed E-state index contributed by atoms with van der Waals surface area (Å²) in [7, 11) is 0. The molecule has 0 radical (unpaired) electrons. The van der Waals surface area contributed by atoms with E-state index in [1.807, 2.05) is 0 Å². The molecule has 1 heterocycles. The van der Waals surface area contributed by atoms with Gasteiger partial charge >= 0.3 is 5.82 Å². The van der Waals surface area contributed by atoms with Crippen molar-refractivity contribution in [1.82, 2.24) is 14.9 Å². The molecular formula is C10H18N4O6. The number of aliphatic hydroxyl groups excluding tert-OH is 2. The fraction of sp³-hybridized carbons (Fsp3) is 0.600. The molecule has 0 aliphatic rings. The van der Waals surface area contributed by atoms with Crippen LogP contribution in [0.15, 0.2) is 6.20 Å². The quantitative estimate of drug-likeness (QED) is 0.210. The van der Waals surface area contributed by atoms with Crippen LogP contribution in [0.4, 0.5) is 5.82 Å². The summed E-state index contributed by atoms with van der Waals surface area (Å²) in [6.07, 6.45) is 0.400. The van der Waals surface area contributed by atoms with Gasteiger partial charge in [0.1, 0.15) is 18.8 Å². The van der Waals surface area contributed by atoms with Crippen LogP contribution >= 0.6 is 0 Å². The first-order valence-electron chi connectivity index (χ1n) is 5.71. The van der Waals surface area contributed by atoms with Gasteiger partial charge in [-0.2, -0.15) is 0 Å². The third-order valence-corrected chi connectivity index (χ3v) is 2.28. The first kappa shape index (κ1) is 18.0. The topological polar surface area (TPSA) is 151 Å². The number of imidazole rings is 1. The van der Waals surface area contributed by atoms with Crippen LogP contribution in [0.2, 0.25) is 0 Å². The average Bonchev–Trinajstić information content (AvgIpc) is 2.72. The highest BCUT2D eigenvalue weighted by Crippen LogP contribution is 2.13. The molecule has 1 aromatic heterocycles. The molecule has 1 unspecified atom stereocenters. The lowest BCUT2D eigenvalue weighted by Crippen LogP contribution is -2.32. The first-order valence-corrected chi connectivity index (χ1v) is 5.71. The van der Waals surface area contributed by atoms with Crippen LogP contribution < -0.4 is 5.32 Å². The van der Waals surface area contributed by atoms with Crippen LogP contribution in [0, 0.1) is 17.0 Å². The van der Waals surface area contributed by atoms with Crippen molar-refractivity contribution in [3.8, 4) is 0 Å². The first-order chi connectivity index (χ1) is 9.47. The lowest BCUT2D eigenvalue weighted by Gasteiger charge is -2.10. The van der Waals surface area contributed by atoms with Gasteiger partial charge in [0.25, 0.3) is 6.47 Å². The number of carboxylic acid groups (broad SMARTS) is 1. The molecule has 0 aliphatic carbocycles. The van der Waals surface area contributed by atoms with Gasteiger partial charge in [-0.15, -0.1) is 0 Å². The molecule has 10 nitrogen and oxygen atoms in total. The zero-order valence-electron chi connectivity index (χ0n) is 11.0. The number of hydrogen-bond donors (Lipinski definition) is 4. The van der Waals surface area contributed by atoms with Crippen molar-refractivity contribution in [1.29, 1.82) is 0 Å². The number of carbonyl (C=O) groups is 1. The number of nitrogens with one attached hydrogen (secondary N) is 1. The minimum absolute atomic E-state index is 0.0169. The van der Waals surface area contributed by atoms with Gasteiger partial charge in [0.15, 0.2) is 5.82 Å². The number of aliphatic hydroxyl groups is 2. The van der Waals surface area contributed by atoms with Gasteiger partial charge in [-0.1, -0.05) is 0 Å². The van der Waals surface area contributed by atoms with Crippen molar-refractivity contribution in [3.05, 3.63) is 22.1 Å². The predicted molar refractivity (Wildman–Crippen MR) is 68.3 cm³/mol. The minimum atomic E-state index is -0.770. The monoisotopic (exact) mass is 290 g/mol. The molecule has 0 spiro atoms. The third-order valence-electron chi connectivity index (χ3n) is 2.28. The summed E-state index contributed by atoms with van der Waals surface area (Å²) in [5, 5.41) is 38.6. The summed E-state index contributed by atoms with van der Waals surface area (Å²) < 4.78 is 1.35. The SMILES string of the molecule is Cc1ncc([N+](=O)[O-])n1CC(O)CNCCO.O=CO. The fourth-order valence-corrected chi connectivity index (χ4v) is 1.45. The molecule has 1 atom stereocenters. The molecule has 0 aliphatic heterocycles. The van der Waals surface area contributed by atoms with Crippen molar-refractivity contribution in [2.24, 2.45) is 0 Å². The Kier molecular flexibility index (Phi) is 8.83. The number of hydrogen-bond acceptors (Lipinski definition) is 7. The lowest BCUT2D eigenvalue weighted by atomic mass is 10.3. The molecule has 0 aromatic carbocycles.